The molecule has 0 spiro atoms. The molecule has 0 heterocycles. The maximum atomic E-state index is 12.0. The fourth-order valence-electron chi connectivity index (χ4n) is 1.87. The van der Waals surface area contributed by atoms with E-state index in [0.717, 1.165) is 12.8 Å². The summed E-state index contributed by atoms with van der Waals surface area (Å²) in [6.45, 7) is 0. The molecule has 0 bridgehead atoms. The van der Waals surface area contributed by atoms with E-state index in [2.05, 4.69) is 4.72 Å². The second kappa shape index (κ2) is 5.70. The Morgan fingerprint density at radius 3 is 2.70 bits per heavy atom. The van der Waals surface area contributed by atoms with Gasteiger partial charge in [0.25, 0.3) is 0 Å². The summed E-state index contributed by atoms with van der Waals surface area (Å²) in [4.78, 5) is 11.1. The lowest BCUT2D eigenvalue weighted by molar-refractivity contribution is 0.0698. The molecule has 0 aromatic heterocycles. The SMILES string of the molecule is COc1ccc(C(=O)O)c(NS(=O)(=O)CCC2CC2)c1. The molecule has 1 saturated carbocycles. The number of benzene rings is 1. The molecule has 0 amide bonds. The van der Waals surface area contributed by atoms with Crippen molar-refractivity contribution in [2.75, 3.05) is 17.6 Å². The molecule has 0 radical (unpaired) electrons. The Labute approximate surface area is 117 Å². The molecule has 20 heavy (non-hydrogen) atoms. The van der Waals surface area contributed by atoms with Gasteiger partial charge < -0.3 is 9.84 Å². The van der Waals surface area contributed by atoms with Crippen molar-refractivity contribution in [3.8, 4) is 5.75 Å². The molecule has 0 saturated heterocycles. The van der Waals surface area contributed by atoms with E-state index in [1.165, 1.54) is 25.3 Å². The third kappa shape index (κ3) is 3.86. The van der Waals surface area contributed by atoms with Crippen LogP contribution in [0.25, 0.3) is 0 Å². The van der Waals surface area contributed by atoms with Crippen LogP contribution in [0.2, 0.25) is 0 Å². The number of carbonyl (C=O) groups is 1. The van der Waals surface area contributed by atoms with Crippen LogP contribution >= 0.6 is 0 Å². The van der Waals surface area contributed by atoms with E-state index in [4.69, 9.17) is 9.84 Å². The van der Waals surface area contributed by atoms with Crippen LogP contribution in [0.1, 0.15) is 29.6 Å². The fraction of sp³-hybridized carbons (Fsp3) is 0.462. The van der Waals surface area contributed by atoms with Crippen molar-refractivity contribution in [2.24, 2.45) is 5.92 Å². The molecule has 1 fully saturated rings. The van der Waals surface area contributed by atoms with Crippen LogP contribution < -0.4 is 9.46 Å². The minimum Gasteiger partial charge on any atom is -0.497 e. The first-order valence-electron chi connectivity index (χ1n) is 6.33. The number of aromatic carboxylic acids is 1. The van der Waals surface area contributed by atoms with Gasteiger partial charge in [0.15, 0.2) is 0 Å². The van der Waals surface area contributed by atoms with Crippen molar-refractivity contribution in [1.82, 2.24) is 0 Å². The molecule has 0 atom stereocenters. The molecule has 1 aliphatic rings. The number of rotatable bonds is 7. The van der Waals surface area contributed by atoms with Crippen molar-refractivity contribution >= 4 is 21.7 Å². The zero-order valence-electron chi connectivity index (χ0n) is 11.1. The number of anilines is 1. The van der Waals surface area contributed by atoms with Crippen molar-refractivity contribution in [3.05, 3.63) is 23.8 Å². The van der Waals surface area contributed by atoms with Gasteiger partial charge in [-0.1, -0.05) is 12.8 Å². The summed E-state index contributed by atoms with van der Waals surface area (Å²) in [5.74, 6) is -0.285. The van der Waals surface area contributed by atoms with Crippen LogP contribution in [0.4, 0.5) is 5.69 Å². The lowest BCUT2D eigenvalue weighted by Gasteiger charge is -2.11. The number of methoxy groups -OCH3 is 1. The Morgan fingerprint density at radius 2 is 2.15 bits per heavy atom. The van der Waals surface area contributed by atoms with Crippen molar-refractivity contribution in [1.29, 1.82) is 0 Å². The molecule has 110 valence electrons. The molecule has 2 N–H and O–H groups in total. The van der Waals surface area contributed by atoms with Crippen LogP contribution in [-0.2, 0) is 10.0 Å². The second-order valence-electron chi connectivity index (χ2n) is 4.87. The quantitative estimate of drug-likeness (QED) is 0.802. The first-order valence-corrected chi connectivity index (χ1v) is 7.98. The van der Waals surface area contributed by atoms with Gasteiger partial charge in [-0.3, -0.25) is 4.72 Å². The summed E-state index contributed by atoms with van der Waals surface area (Å²) in [5.41, 5.74) is -0.0616. The Hall–Kier alpha value is -1.76. The highest BCUT2D eigenvalue weighted by Gasteiger charge is 2.24. The maximum Gasteiger partial charge on any atom is 0.337 e. The van der Waals surface area contributed by atoms with Gasteiger partial charge in [0.1, 0.15) is 5.75 Å². The minimum absolute atomic E-state index is 0.00787. The molecule has 6 nitrogen and oxygen atoms in total. The van der Waals surface area contributed by atoms with Crippen LogP contribution in [0, 0.1) is 5.92 Å². The Bertz CT molecular complexity index is 607. The third-order valence-corrected chi connectivity index (χ3v) is 4.52. The Morgan fingerprint density at radius 1 is 1.45 bits per heavy atom. The van der Waals surface area contributed by atoms with Crippen LogP contribution in [0.15, 0.2) is 18.2 Å². The number of ether oxygens (including phenoxy) is 1. The first-order chi connectivity index (χ1) is 9.41. The van der Waals surface area contributed by atoms with Gasteiger partial charge in [0, 0.05) is 6.07 Å². The molecule has 1 aromatic rings. The Balaban J connectivity index is 2.18. The zero-order valence-corrected chi connectivity index (χ0v) is 11.9. The van der Waals surface area contributed by atoms with Crippen LogP contribution in [0.3, 0.4) is 0 Å². The van der Waals surface area contributed by atoms with E-state index in [0.29, 0.717) is 18.1 Å². The summed E-state index contributed by atoms with van der Waals surface area (Å²) >= 11 is 0. The van der Waals surface area contributed by atoms with Gasteiger partial charge >= 0.3 is 5.97 Å². The number of carboxylic acid groups (broad SMARTS) is 1. The van der Waals surface area contributed by atoms with Gasteiger partial charge in [0.05, 0.1) is 24.1 Å². The number of hydrogen-bond acceptors (Lipinski definition) is 4. The highest BCUT2D eigenvalue weighted by molar-refractivity contribution is 7.92. The standard InChI is InChI=1S/C13H17NO5S/c1-19-10-4-5-11(13(15)16)12(8-10)14-20(17,18)7-6-9-2-3-9/h4-5,8-9,14H,2-3,6-7H2,1H3,(H,15,16). The van der Waals surface area contributed by atoms with Crippen molar-refractivity contribution < 1.29 is 23.1 Å². The topological polar surface area (TPSA) is 92.7 Å². The van der Waals surface area contributed by atoms with Gasteiger partial charge in [-0.2, -0.15) is 0 Å². The normalized spacial score (nSPS) is 14.8. The number of hydrogen-bond donors (Lipinski definition) is 2. The van der Waals surface area contributed by atoms with E-state index >= 15 is 0 Å². The van der Waals surface area contributed by atoms with E-state index in [-0.39, 0.29) is 17.0 Å². The fourth-order valence-corrected chi connectivity index (χ4v) is 3.12. The number of sulfonamides is 1. The lowest BCUT2D eigenvalue weighted by atomic mass is 10.2. The third-order valence-electron chi connectivity index (χ3n) is 3.21. The summed E-state index contributed by atoms with van der Waals surface area (Å²) in [7, 11) is -2.11. The predicted octanol–water partition coefficient (Wildman–Crippen LogP) is 1.94. The highest BCUT2D eigenvalue weighted by atomic mass is 32.2. The van der Waals surface area contributed by atoms with Crippen LogP contribution in [0.5, 0.6) is 5.75 Å². The summed E-state index contributed by atoms with van der Waals surface area (Å²) < 4.78 is 31.2. The molecule has 1 aromatic carbocycles. The summed E-state index contributed by atoms with van der Waals surface area (Å²) in [5, 5.41) is 9.08. The maximum absolute atomic E-state index is 12.0. The van der Waals surface area contributed by atoms with Crippen molar-refractivity contribution in [3.63, 3.8) is 0 Å². The summed E-state index contributed by atoms with van der Waals surface area (Å²) in [6.07, 6.45) is 2.77. The average Bonchev–Trinajstić information content (AvgIpc) is 3.19. The molecule has 0 aliphatic heterocycles. The largest absolute Gasteiger partial charge is 0.497 e. The van der Waals surface area contributed by atoms with Crippen LogP contribution in [-0.4, -0.2) is 32.4 Å². The van der Waals surface area contributed by atoms with Crippen molar-refractivity contribution in [2.45, 2.75) is 19.3 Å². The van der Waals surface area contributed by atoms with Gasteiger partial charge in [-0.15, -0.1) is 0 Å². The van der Waals surface area contributed by atoms with Gasteiger partial charge in [-0.05, 0) is 24.5 Å². The molecule has 7 heteroatoms. The van der Waals surface area contributed by atoms with Gasteiger partial charge in [0.2, 0.25) is 10.0 Å². The lowest BCUT2D eigenvalue weighted by Crippen LogP contribution is -2.19. The Kier molecular flexibility index (Phi) is 4.17. The molecular weight excluding hydrogens is 282 g/mol. The zero-order chi connectivity index (χ0) is 14.8. The average molecular weight is 299 g/mol. The molecule has 0 unspecified atom stereocenters. The number of carboxylic acids is 1. The highest BCUT2D eigenvalue weighted by Crippen LogP contribution is 2.33. The summed E-state index contributed by atoms with van der Waals surface area (Å²) in [6, 6.07) is 4.17. The minimum atomic E-state index is -3.54. The first kappa shape index (κ1) is 14.6. The second-order valence-corrected chi connectivity index (χ2v) is 6.71. The molecule has 2 rings (SSSR count). The van der Waals surface area contributed by atoms with E-state index in [9.17, 15) is 13.2 Å². The van der Waals surface area contributed by atoms with E-state index in [1.54, 1.807) is 0 Å². The monoisotopic (exact) mass is 299 g/mol. The van der Waals surface area contributed by atoms with E-state index in [1.807, 2.05) is 0 Å². The predicted molar refractivity (Wildman–Crippen MR) is 74.7 cm³/mol. The molecular formula is C13H17NO5S. The van der Waals surface area contributed by atoms with Gasteiger partial charge in [-0.25, -0.2) is 13.2 Å². The number of nitrogens with one attached hydrogen (secondary N) is 1. The molecule has 1 aliphatic carbocycles. The smallest absolute Gasteiger partial charge is 0.337 e. The van der Waals surface area contributed by atoms with E-state index < -0.39 is 16.0 Å².